The third-order valence-corrected chi connectivity index (χ3v) is 8.52. The van der Waals surface area contributed by atoms with Gasteiger partial charge in [-0.25, -0.2) is 19.2 Å². The molecule has 0 bridgehead atoms. The number of likely N-dealkylation sites (tertiary alicyclic amines) is 2. The second kappa shape index (κ2) is 11.8. The summed E-state index contributed by atoms with van der Waals surface area (Å²) in [6, 6.07) is 6.68. The molecule has 2 aliphatic rings. The average Bonchev–Trinajstić information content (AvgIpc) is 2.96. The normalized spacial score (nSPS) is 17.7. The van der Waals surface area contributed by atoms with E-state index >= 15 is 4.39 Å². The second-order valence-corrected chi connectivity index (χ2v) is 13.0. The van der Waals surface area contributed by atoms with Gasteiger partial charge in [-0.1, -0.05) is 18.2 Å². The van der Waals surface area contributed by atoms with Gasteiger partial charge in [-0.15, -0.1) is 0 Å². The molecule has 2 aromatic heterocycles. The Bertz CT molecular complexity index is 1640. The Balaban J connectivity index is 1.40. The van der Waals surface area contributed by atoms with Crippen LogP contribution in [0.15, 0.2) is 35.4 Å². The first kappa shape index (κ1) is 31.4. The van der Waals surface area contributed by atoms with Crippen LogP contribution >= 0.6 is 0 Å². The van der Waals surface area contributed by atoms with Gasteiger partial charge in [-0.05, 0) is 69.2 Å². The number of halogens is 1. The second-order valence-electron chi connectivity index (χ2n) is 13.0. The Kier molecular flexibility index (Phi) is 8.41. The fraction of sp³-hybridized carbons (Fsp3) is 0.531. The number of rotatable bonds is 6. The van der Waals surface area contributed by atoms with Crippen molar-refractivity contribution in [3.8, 4) is 0 Å². The van der Waals surface area contributed by atoms with E-state index in [-0.39, 0.29) is 43.1 Å². The van der Waals surface area contributed by atoms with Crippen LogP contribution in [0.4, 0.5) is 15.0 Å². The van der Waals surface area contributed by atoms with E-state index in [0.717, 1.165) is 5.56 Å². The number of nitrogens with zero attached hydrogens (tertiary/aromatic N) is 5. The molecule has 44 heavy (non-hydrogen) atoms. The minimum absolute atomic E-state index is 0.00596. The van der Waals surface area contributed by atoms with Gasteiger partial charge in [-0.3, -0.25) is 14.2 Å². The number of aliphatic hydroxyl groups is 1. The largest absolute Gasteiger partial charge is 0.444 e. The summed E-state index contributed by atoms with van der Waals surface area (Å²) in [5, 5.41) is 14.1. The van der Waals surface area contributed by atoms with Crippen LogP contribution in [-0.4, -0.2) is 73.2 Å². The molecule has 236 valence electrons. The summed E-state index contributed by atoms with van der Waals surface area (Å²) in [6.07, 6.45) is 2.22. The van der Waals surface area contributed by atoms with Gasteiger partial charge in [0, 0.05) is 38.7 Å². The maximum atomic E-state index is 16.0. The van der Waals surface area contributed by atoms with Crippen LogP contribution in [0.1, 0.15) is 81.7 Å². The number of amides is 2. The van der Waals surface area contributed by atoms with Crippen molar-refractivity contribution in [2.75, 3.05) is 31.5 Å². The molecule has 2 saturated heterocycles. The van der Waals surface area contributed by atoms with Gasteiger partial charge >= 0.3 is 6.09 Å². The van der Waals surface area contributed by atoms with Crippen LogP contribution in [0.2, 0.25) is 0 Å². The summed E-state index contributed by atoms with van der Waals surface area (Å²) in [5.74, 6) is 0.561. The lowest BCUT2D eigenvalue weighted by atomic mass is 9.85. The number of carbonyl (C=O) groups excluding carboxylic acids is 2. The zero-order valence-corrected chi connectivity index (χ0v) is 26.2. The number of nitrogens with one attached hydrogen (secondary N) is 1. The van der Waals surface area contributed by atoms with Crippen molar-refractivity contribution >= 4 is 28.9 Å². The van der Waals surface area contributed by atoms with Crippen LogP contribution in [0.5, 0.6) is 0 Å². The molecule has 3 aromatic rings. The minimum atomic E-state index is -1.77. The van der Waals surface area contributed by atoms with Crippen LogP contribution < -0.4 is 10.9 Å². The molecule has 0 spiro atoms. The standard InChI is InChI=1S/C32H41FN6O5/c1-19(23-11-21(15-40)12-24(13-23)32(33)16-39(17-32)30(43)44-31(3,4)5)36-27-26-14-25(22-7-9-38(10-8-22)20(2)41)29(42)37(6)28(26)35-18-34-27/h11-14,18-19,22,40H,7-10,15-17H2,1-6H3,(H,34,35,36). The summed E-state index contributed by atoms with van der Waals surface area (Å²) in [6.45, 7) is 9.40. The first-order chi connectivity index (χ1) is 20.7. The predicted molar refractivity (Wildman–Crippen MR) is 164 cm³/mol. The van der Waals surface area contributed by atoms with Crippen LogP contribution in [0.3, 0.4) is 0 Å². The van der Waals surface area contributed by atoms with Gasteiger partial charge in [-0.2, -0.15) is 0 Å². The lowest BCUT2D eigenvalue weighted by Gasteiger charge is -2.45. The fourth-order valence-electron chi connectivity index (χ4n) is 6.01. The number of alkyl halides is 1. The van der Waals surface area contributed by atoms with E-state index in [1.165, 1.54) is 15.8 Å². The highest BCUT2D eigenvalue weighted by molar-refractivity contribution is 5.87. The zero-order chi connectivity index (χ0) is 32.0. The molecule has 5 rings (SSSR count). The van der Waals surface area contributed by atoms with E-state index in [1.807, 2.05) is 19.1 Å². The lowest BCUT2D eigenvalue weighted by molar-refractivity contribution is -0.129. The summed E-state index contributed by atoms with van der Waals surface area (Å²) in [7, 11) is 1.69. The van der Waals surface area contributed by atoms with Crippen LogP contribution in [0, 0.1) is 0 Å². The van der Waals surface area contributed by atoms with Crippen molar-refractivity contribution in [3.63, 3.8) is 0 Å². The third-order valence-electron chi connectivity index (χ3n) is 8.52. The molecule has 2 amide bonds. The van der Waals surface area contributed by atoms with Gasteiger partial charge in [0.05, 0.1) is 25.1 Å². The van der Waals surface area contributed by atoms with Crippen LogP contribution in [-0.2, 0) is 28.9 Å². The van der Waals surface area contributed by atoms with Gasteiger partial charge in [0.1, 0.15) is 23.4 Å². The number of pyridine rings is 1. The molecule has 1 atom stereocenters. The van der Waals surface area contributed by atoms with Crippen molar-refractivity contribution in [1.82, 2.24) is 24.3 Å². The molecule has 0 saturated carbocycles. The van der Waals surface area contributed by atoms with Crippen molar-refractivity contribution in [3.05, 3.63) is 63.2 Å². The van der Waals surface area contributed by atoms with E-state index in [0.29, 0.717) is 59.5 Å². The monoisotopic (exact) mass is 608 g/mol. The highest BCUT2D eigenvalue weighted by Gasteiger charge is 2.48. The lowest BCUT2D eigenvalue weighted by Crippen LogP contribution is -2.59. The van der Waals surface area contributed by atoms with Gasteiger partial charge in [0.25, 0.3) is 5.56 Å². The van der Waals surface area contributed by atoms with E-state index in [2.05, 4.69) is 15.3 Å². The first-order valence-corrected chi connectivity index (χ1v) is 15.0. The Morgan fingerprint density at radius 1 is 1.14 bits per heavy atom. The van der Waals surface area contributed by atoms with E-state index in [4.69, 9.17) is 4.74 Å². The van der Waals surface area contributed by atoms with Crippen LogP contribution in [0.25, 0.3) is 11.0 Å². The number of aryl methyl sites for hydroxylation is 1. The Hall–Kier alpha value is -4.06. The Morgan fingerprint density at radius 3 is 2.43 bits per heavy atom. The quantitative estimate of drug-likeness (QED) is 0.427. The van der Waals surface area contributed by atoms with Gasteiger partial charge in [0.2, 0.25) is 5.91 Å². The molecule has 1 aromatic carbocycles. The number of ether oxygens (including phenoxy) is 1. The number of piperidine rings is 1. The van der Waals surface area contributed by atoms with Gasteiger partial charge < -0.3 is 25.0 Å². The number of hydrogen-bond acceptors (Lipinski definition) is 8. The fourth-order valence-corrected chi connectivity index (χ4v) is 6.01. The maximum absolute atomic E-state index is 16.0. The van der Waals surface area contributed by atoms with Crippen molar-refractivity contribution < 1.29 is 23.8 Å². The number of aliphatic hydroxyl groups excluding tert-OH is 1. The van der Waals surface area contributed by atoms with E-state index in [1.54, 1.807) is 51.8 Å². The molecule has 1 unspecified atom stereocenters. The number of fused-ring (bicyclic) bond motifs is 1. The molecule has 12 heteroatoms. The molecule has 2 fully saturated rings. The number of benzene rings is 1. The molecule has 0 aliphatic carbocycles. The Labute approximate surface area is 256 Å². The highest BCUT2D eigenvalue weighted by Crippen LogP contribution is 2.39. The smallest absolute Gasteiger partial charge is 0.410 e. The summed E-state index contributed by atoms with van der Waals surface area (Å²) < 4.78 is 22.9. The number of aromatic nitrogens is 3. The van der Waals surface area contributed by atoms with Crippen molar-refractivity contribution in [2.45, 2.75) is 77.3 Å². The molecule has 4 heterocycles. The molecular weight excluding hydrogens is 567 g/mol. The minimum Gasteiger partial charge on any atom is -0.444 e. The molecule has 2 aliphatic heterocycles. The SMILES string of the molecule is CC(=O)N1CCC(c2cc3c(NC(C)c4cc(CO)cc(C5(F)CN(C(=O)OC(C)(C)C)C5)c4)ncnc3n(C)c2=O)CC1. The first-order valence-electron chi connectivity index (χ1n) is 15.0. The molecule has 11 nitrogen and oxygen atoms in total. The highest BCUT2D eigenvalue weighted by atomic mass is 19.1. The summed E-state index contributed by atoms with van der Waals surface area (Å²) in [5.41, 5.74) is 0.227. The number of hydrogen-bond donors (Lipinski definition) is 2. The molecule has 2 N–H and O–H groups in total. The maximum Gasteiger partial charge on any atom is 0.410 e. The van der Waals surface area contributed by atoms with E-state index < -0.39 is 17.4 Å². The Morgan fingerprint density at radius 2 is 1.82 bits per heavy atom. The third kappa shape index (κ3) is 6.26. The van der Waals surface area contributed by atoms with Gasteiger partial charge in [0.15, 0.2) is 5.67 Å². The average molecular weight is 609 g/mol. The summed E-state index contributed by atoms with van der Waals surface area (Å²) in [4.78, 5) is 49.6. The van der Waals surface area contributed by atoms with Crippen molar-refractivity contribution in [2.24, 2.45) is 7.05 Å². The molecule has 0 radical (unpaired) electrons. The number of anilines is 1. The van der Waals surface area contributed by atoms with E-state index in [9.17, 15) is 19.5 Å². The predicted octanol–water partition coefficient (Wildman–Crippen LogP) is 4.14. The zero-order valence-electron chi connectivity index (χ0n) is 26.2. The van der Waals surface area contributed by atoms with Crippen molar-refractivity contribution in [1.29, 1.82) is 0 Å². The topological polar surface area (TPSA) is 130 Å². The summed E-state index contributed by atoms with van der Waals surface area (Å²) >= 11 is 0. The molecular formula is C32H41FN6O5. The number of carbonyl (C=O) groups is 2.